The maximum atomic E-state index is 12.6. The van der Waals surface area contributed by atoms with Crippen molar-refractivity contribution in [1.29, 1.82) is 5.26 Å². The van der Waals surface area contributed by atoms with Crippen molar-refractivity contribution in [2.24, 2.45) is 13.0 Å². The Hall–Kier alpha value is -3.33. The summed E-state index contributed by atoms with van der Waals surface area (Å²) in [7, 11) is 1.74. The lowest BCUT2D eigenvalue weighted by Crippen LogP contribution is -2.46. The number of nitriles is 1. The molecule has 0 saturated carbocycles. The molecule has 2 atom stereocenters. The smallest absolute Gasteiger partial charge is 0.252 e. The number of benzene rings is 1. The summed E-state index contributed by atoms with van der Waals surface area (Å²) in [6.07, 6.45) is 1.95. The van der Waals surface area contributed by atoms with Gasteiger partial charge < -0.3 is 14.2 Å². The molecular weight excluding hydrogens is 412 g/mol. The maximum Gasteiger partial charge on any atom is 0.252 e. The van der Waals surface area contributed by atoms with E-state index >= 15 is 0 Å². The quantitative estimate of drug-likeness (QED) is 0.579. The van der Waals surface area contributed by atoms with Gasteiger partial charge >= 0.3 is 0 Å². The van der Waals surface area contributed by atoms with E-state index in [1.165, 1.54) is 5.56 Å². The van der Waals surface area contributed by atoms with Gasteiger partial charge in [0, 0.05) is 38.5 Å². The lowest BCUT2D eigenvalue weighted by molar-refractivity contribution is 0.110. The van der Waals surface area contributed by atoms with E-state index in [0.717, 1.165) is 42.9 Å². The van der Waals surface area contributed by atoms with Gasteiger partial charge in [0.15, 0.2) is 0 Å². The second-order valence-corrected chi connectivity index (χ2v) is 9.94. The lowest BCUT2D eigenvalue weighted by Gasteiger charge is -2.39. The van der Waals surface area contributed by atoms with Crippen LogP contribution in [0.25, 0.3) is 11.0 Å². The number of pyridine rings is 2. The fraction of sp³-hybridized carbons (Fsp3) is 0.444. The van der Waals surface area contributed by atoms with E-state index in [0.29, 0.717) is 17.1 Å². The summed E-state index contributed by atoms with van der Waals surface area (Å²) in [5.41, 5.74) is 3.92. The minimum Gasteiger partial charge on any atom is -0.490 e. The summed E-state index contributed by atoms with van der Waals surface area (Å²) in [6, 6.07) is 15.7. The third-order valence-electron chi connectivity index (χ3n) is 6.72. The van der Waals surface area contributed by atoms with E-state index in [1.807, 2.05) is 0 Å². The van der Waals surface area contributed by atoms with Crippen LogP contribution >= 0.6 is 0 Å². The maximum absolute atomic E-state index is 12.6. The van der Waals surface area contributed by atoms with Crippen molar-refractivity contribution in [3.05, 3.63) is 64.1 Å². The van der Waals surface area contributed by atoms with Crippen molar-refractivity contribution in [1.82, 2.24) is 9.55 Å². The normalized spacial score (nSPS) is 18.8. The van der Waals surface area contributed by atoms with Crippen molar-refractivity contribution in [2.45, 2.75) is 52.1 Å². The fourth-order valence-electron chi connectivity index (χ4n) is 4.60. The molecule has 1 fully saturated rings. The molecule has 2 aromatic heterocycles. The standard InChI is InChI=1S/C27H32N4O2/c1-6-18-17-31(14-13-24(18)33-21-10-7-19(8-11-21)27(2,3)4)23-15-25(32)30(5)22-12-9-20(16-28)29-26(22)23/h7-12,15,18,24H,6,13-14,17H2,1-5H3/t18-,24-/m0/s1. The number of hydrogen-bond acceptors (Lipinski definition) is 5. The van der Waals surface area contributed by atoms with Crippen molar-refractivity contribution in [3.8, 4) is 11.8 Å². The Bertz CT molecular complexity index is 1250. The molecule has 0 N–H and O–H groups in total. The average Bonchev–Trinajstić information content (AvgIpc) is 2.81. The molecule has 0 unspecified atom stereocenters. The summed E-state index contributed by atoms with van der Waals surface area (Å²) < 4.78 is 8.01. The molecule has 0 radical (unpaired) electrons. The van der Waals surface area contributed by atoms with E-state index in [1.54, 1.807) is 29.8 Å². The van der Waals surface area contributed by atoms with Crippen LogP contribution in [0, 0.1) is 17.2 Å². The third-order valence-corrected chi connectivity index (χ3v) is 6.72. The summed E-state index contributed by atoms with van der Waals surface area (Å²) in [5, 5.41) is 9.33. The molecule has 6 nitrogen and oxygen atoms in total. The van der Waals surface area contributed by atoms with E-state index in [9.17, 15) is 10.1 Å². The third kappa shape index (κ3) is 4.59. The highest BCUT2D eigenvalue weighted by Crippen LogP contribution is 2.32. The summed E-state index contributed by atoms with van der Waals surface area (Å²) in [5.74, 6) is 1.22. The van der Waals surface area contributed by atoms with Crippen LogP contribution in [0.4, 0.5) is 5.69 Å². The van der Waals surface area contributed by atoms with Crippen LogP contribution in [0.3, 0.4) is 0 Å². The summed E-state index contributed by atoms with van der Waals surface area (Å²) in [4.78, 5) is 19.4. The van der Waals surface area contributed by atoms with E-state index in [2.05, 4.69) is 67.9 Å². The second kappa shape index (κ2) is 8.90. The number of piperidine rings is 1. The zero-order valence-corrected chi connectivity index (χ0v) is 20.1. The molecule has 3 aromatic rings. The van der Waals surface area contributed by atoms with Gasteiger partial charge in [-0.3, -0.25) is 4.79 Å². The molecule has 33 heavy (non-hydrogen) atoms. The van der Waals surface area contributed by atoms with Crippen molar-refractivity contribution in [2.75, 3.05) is 18.0 Å². The topological polar surface area (TPSA) is 71.2 Å². The first kappa shape index (κ1) is 22.8. The zero-order chi connectivity index (χ0) is 23.8. The van der Waals surface area contributed by atoms with E-state index in [-0.39, 0.29) is 17.1 Å². The van der Waals surface area contributed by atoms with Gasteiger partial charge in [0.05, 0.1) is 11.2 Å². The molecule has 1 aromatic carbocycles. The Labute approximate surface area is 195 Å². The van der Waals surface area contributed by atoms with Crippen molar-refractivity contribution < 1.29 is 4.74 Å². The molecule has 0 amide bonds. The van der Waals surface area contributed by atoms with E-state index in [4.69, 9.17) is 4.74 Å². The highest BCUT2D eigenvalue weighted by atomic mass is 16.5. The van der Waals surface area contributed by atoms with Gasteiger partial charge in [-0.05, 0) is 41.7 Å². The van der Waals surface area contributed by atoms with Gasteiger partial charge in [-0.1, -0.05) is 39.8 Å². The molecule has 1 saturated heterocycles. The van der Waals surface area contributed by atoms with Crippen LogP contribution < -0.4 is 15.2 Å². The van der Waals surface area contributed by atoms with Gasteiger partial charge in [-0.15, -0.1) is 0 Å². The predicted molar refractivity (Wildman–Crippen MR) is 132 cm³/mol. The Morgan fingerprint density at radius 1 is 1.18 bits per heavy atom. The SMILES string of the molecule is CC[C@H]1CN(c2cc(=O)n(C)c3ccc(C#N)nc23)CC[C@@H]1Oc1ccc(C(C)(C)C)cc1. The van der Waals surface area contributed by atoms with Gasteiger partial charge in [-0.2, -0.15) is 5.26 Å². The molecule has 6 heteroatoms. The zero-order valence-electron chi connectivity index (χ0n) is 20.1. The van der Waals surface area contributed by atoms with E-state index < -0.39 is 0 Å². The van der Waals surface area contributed by atoms with Crippen LogP contribution in [0.1, 0.15) is 51.8 Å². The number of anilines is 1. The number of fused-ring (bicyclic) bond motifs is 1. The molecule has 0 spiro atoms. The lowest BCUT2D eigenvalue weighted by atomic mass is 9.87. The minimum atomic E-state index is -0.0747. The first-order valence-corrected chi connectivity index (χ1v) is 11.6. The van der Waals surface area contributed by atoms with Crippen molar-refractivity contribution in [3.63, 3.8) is 0 Å². The van der Waals surface area contributed by atoms with Gasteiger partial charge in [0.1, 0.15) is 29.1 Å². The number of aryl methyl sites for hydroxylation is 1. The van der Waals surface area contributed by atoms with Crippen LogP contribution in [0.5, 0.6) is 5.75 Å². The Morgan fingerprint density at radius 3 is 2.55 bits per heavy atom. The van der Waals surface area contributed by atoms with Crippen LogP contribution in [0.15, 0.2) is 47.3 Å². The van der Waals surface area contributed by atoms with Gasteiger partial charge in [0.2, 0.25) is 0 Å². The Balaban J connectivity index is 1.58. The molecule has 1 aliphatic heterocycles. The van der Waals surface area contributed by atoms with Crippen LogP contribution in [-0.4, -0.2) is 28.7 Å². The number of aromatic nitrogens is 2. The first-order valence-electron chi connectivity index (χ1n) is 11.6. The van der Waals surface area contributed by atoms with Crippen LogP contribution in [0.2, 0.25) is 0 Å². The van der Waals surface area contributed by atoms with Crippen LogP contribution in [-0.2, 0) is 12.5 Å². The highest BCUT2D eigenvalue weighted by molar-refractivity contribution is 5.88. The second-order valence-electron chi connectivity index (χ2n) is 9.94. The molecule has 172 valence electrons. The number of hydrogen-bond donors (Lipinski definition) is 0. The fourth-order valence-corrected chi connectivity index (χ4v) is 4.60. The monoisotopic (exact) mass is 444 g/mol. The summed E-state index contributed by atoms with van der Waals surface area (Å²) >= 11 is 0. The molecule has 0 bridgehead atoms. The molecule has 1 aliphatic rings. The number of ether oxygens (including phenoxy) is 1. The van der Waals surface area contributed by atoms with Gasteiger partial charge in [-0.25, -0.2) is 4.98 Å². The number of nitrogens with zero attached hydrogens (tertiary/aromatic N) is 4. The largest absolute Gasteiger partial charge is 0.490 e. The number of rotatable bonds is 4. The summed E-state index contributed by atoms with van der Waals surface area (Å²) in [6.45, 7) is 10.4. The van der Waals surface area contributed by atoms with Gasteiger partial charge in [0.25, 0.3) is 5.56 Å². The molecule has 3 heterocycles. The minimum absolute atomic E-state index is 0.0747. The average molecular weight is 445 g/mol. The van der Waals surface area contributed by atoms with Crippen molar-refractivity contribution >= 4 is 16.7 Å². The molecule has 0 aliphatic carbocycles. The molecule has 4 rings (SSSR count). The Morgan fingerprint density at radius 2 is 1.91 bits per heavy atom. The first-order chi connectivity index (χ1) is 15.7. The highest BCUT2D eigenvalue weighted by Gasteiger charge is 2.31. The predicted octanol–water partition coefficient (Wildman–Crippen LogP) is 4.79. The molecular formula is C27H32N4O2. The Kier molecular flexibility index (Phi) is 6.16.